The zero-order valence-corrected chi connectivity index (χ0v) is 11.4. The number of carbonyl (C=O) groups excluding carboxylic acids is 1. The second kappa shape index (κ2) is 4.15. The maximum absolute atomic E-state index is 13.0. The van der Waals surface area contributed by atoms with Gasteiger partial charge in [-0.1, -0.05) is 31.2 Å². The van der Waals surface area contributed by atoms with Crippen LogP contribution in [0.5, 0.6) is 0 Å². The highest BCUT2D eigenvalue weighted by atomic mass is 19.1. The van der Waals surface area contributed by atoms with Gasteiger partial charge in [0.1, 0.15) is 5.82 Å². The Labute approximate surface area is 118 Å². The van der Waals surface area contributed by atoms with Gasteiger partial charge in [-0.2, -0.15) is 0 Å². The van der Waals surface area contributed by atoms with E-state index in [-0.39, 0.29) is 11.7 Å². The molecule has 0 radical (unpaired) electrons. The molecule has 20 heavy (non-hydrogen) atoms. The van der Waals surface area contributed by atoms with Crippen molar-refractivity contribution in [3.05, 3.63) is 53.4 Å². The molecule has 0 amide bonds. The average Bonchev–Trinajstić information content (AvgIpc) is 3.11. The molecule has 2 fully saturated rings. The number of halogens is 1. The lowest BCUT2D eigenvalue weighted by atomic mass is 9.81. The standard InChI is InChI=1S/C18H17FO/c1-10-15(8-11-2-6-14(19)7-3-11)18(20)17-13-5-4-12(9-13)16(10)17/h2-8,10,12-13,16-17H,9H2,1H3/b15-8-/t10-,12-,13+,16-,17+/m1/s1. The van der Waals surface area contributed by atoms with E-state index in [1.54, 1.807) is 12.1 Å². The molecule has 0 heterocycles. The van der Waals surface area contributed by atoms with Crippen molar-refractivity contribution >= 4 is 11.9 Å². The molecule has 0 aliphatic heterocycles. The Bertz CT molecular complexity index is 625. The number of Topliss-reactive ketones (excluding diaryl/α,β-unsaturated/α-hetero) is 1. The van der Waals surface area contributed by atoms with E-state index in [2.05, 4.69) is 19.1 Å². The molecule has 1 aromatic rings. The first-order valence-corrected chi connectivity index (χ1v) is 7.35. The fourth-order valence-corrected chi connectivity index (χ4v) is 4.48. The van der Waals surface area contributed by atoms with E-state index in [4.69, 9.17) is 0 Å². The highest BCUT2D eigenvalue weighted by molar-refractivity contribution is 6.04. The molecule has 1 aromatic carbocycles. The lowest BCUT2D eigenvalue weighted by Gasteiger charge is -2.21. The second-order valence-corrected chi connectivity index (χ2v) is 6.36. The molecule has 0 unspecified atom stereocenters. The summed E-state index contributed by atoms with van der Waals surface area (Å²) < 4.78 is 13.0. The zero-order chi connectivity index (χ0) is 13.9. The normalized spacial score (nSPS) is 39.8. The summed E-state index contributed by atoms with van der Waals surface area (Å²) in [6, 6.07) is 6.37. The van der Waals surface area contributed by atoms with Crippen LogP contribution in [-0.2, 0) is 4.79 Å². The van der Waals surface area contributed by atoms with Crippen LogP contribution in [0.4, 0.5) is 4.39 Å². The lowest BCUT2D eigenvalue weighted by Crippen LogP contribution is -2.20. The van der Waals surface area contributed by atoms with Crippen molar-refractivity contribution < 1.29 is 9.18 Å². The molecule has 2 saturated carbocycles. The van der Waals surface area contributed by atoms with Gasteiger partial charge in [-0.05, 0) is 59.4 Å². The predicted octanol–water partition coefficient (Wildman–Crippen LogP) is 3.87. The first-order valence-electron chi connectivity index (χ1n) is 7.35. The van der Waals surface area contributed by atoms with E-state index in [9.17, 15) is 9.18 Å². The molecule has 0 aromatic heterocycles. The molecule has 2 heteroatoms. The summed E-state index contributed by atoms with van der Waals surface area (Å²) in [6.07, 6.45) is 7.66. The van der Waals surface area contributed by atoms with E-state index in [1.165, 1.54) is 12.1 Å². The van der Waals surface area contributed by atoms with Crippen molar-refractivity contribution in [3.63, 3.8) is 0 Å². The third kappa shape index (κ3) is 1.57. The van der Waals surface area contributed by atoms with Crippen LogP contribution in [-0.4, -0.2) is 5.78 Å². The van der Waals surface area contributed by atoms with Gasteiger partial charge in [-0.15, -0.1) is 0 Å². The number of ketones is 1. The average molecular weight is 268 g/mol. The van der Waals surface area contributed by atoms with Crippen molar-refractivity contribution in [1.82, 2.24) is 0 Å². The first-order chi connectivity index (χ1) is 9.65. The van der Waals surface area contributed by atoms with Gasteiger partial charge in [0.25, 0.3) is 0 Å². The summed E-state index contributed by atoms with van der Waals surface area (Å²) in [4.78, 5) is 12.7. The predicted molar refractivity (Wildman–Crippen MR) is 76.3 cm³/mol. The minimum Gasteiger partial charge on any atom is -0.294 e. The summed E-state index contributed by atoms with van der Waals surface area (Å²) in [5, 5.41) is 0. The molecule has 0 saturated heterocycles. The smallest absolute Gasteiger partial charge is 0.163 e. The van der Waals surface area contributed by atoms with Crippen molar-refractivity contribution in [3.8, 4) is 0 Å². The minimum absolute atomic E-state index is 0.201. The van der Waals surface area contributed by atoms with Crippen molar-refractivity contribution in [2.45, 2.75) is 13.3 Å². The Hall–Kier alpha value is -1.70. The van der Waals surface area contributed by atoms with E-state index in [0.29, 0.717) is 29.5 Å². The number of hydrogen-bond donors (Lipinski definition) is 0. The van der Waals surface area contributed by atoms with Gasteiger partial charge >= 0.3 is 0 Å². The van der Waals surface area contributed by atoms with Crippen LogP contribution in [0, 0.1) is 35.4 Å². The molecule has 3 aliphatic rings. The molecular weight excluding hydrogens is 251 g/mol. The van der Waals surface area contributed by atoms with Crippen LogP contribution in [0.2, 0.25) is 0 Å². The Morgan fingerprint density at radius 1 is 1.15 bits per heavy atom. The van der Waals surface area contributed by atoms with Crippen LogP contribution in [0.3, 0.4) is 0 Å². The molecule has 0 N–H and O–H groups in total. The minimum atomic E-state index is -0.239. The zero-order valence-electron chi connectivity index (χ0n) is 11.4. The number of hydrogen-bond acceptors (Lipinski definition) is 1. The summed E-state index contributed by atoms with van der Waals surface area (Å²) in [7, 11) is 0. The molecule has 102 valence electrons. The molecular formula is C18H17FO. The largest absolute Gasteiger partial charge is 0.294 e. The molecule has 3 aliphatic carbocycles. The number of fused-ring (bicyclic) bond motifs is 5. The Kier molecular flexibility index (Phi) is 2.50. The van der Waals surface area contributed by atoms with E-state index < -0.39 is 0 Å². The van der Waals surface area contributed by atoms with Crippen LogP contribution in [0.1, 0.15) is 18.9 Å². The monoisotopic (exact) mass is 268 g/mol. The van der Waals surface area contributed by atoms with Crippen LogP contribution in [0.25, 0.3) is 6.08 Å². The molecule has 0 spiro atoms. The Morgan fingerprint density at radius 2 is 1.85 bits per heavy atom. The van der Waals surface area contributed by atoms with Gasteiger partial charge < -0.3 is 0 Å². The van der Waals surface area contributed by atoms with Crippen LogP contribution >= 0.6 is 0 Å². The topological polar surface area (TPSA) is 17.1 Å². The quantitative estimate of drug-likeness (QED) is 0.558. The molecule has 5 atom stereocenters. The second-order valence-electron chi connectivity index (χ2n) is 6.36. The van der Waals surface area contributed by atoms with Crippen molar-refractivity contribution in [2.24, 2.45) is 29.6 Å². The molecule has 2 bridgehead atoms. The summed E-state index contributed by atoms with van der Waals surface area (Å²) in [5.41, 5.74) is 1.85. The number of rotatable bonds is 1. The van der Waals surface area contributed by atoms with Crippen molar-refractivity contribution in [2.75, 3.05) is 0 Å². The van der Waals surface area contributed by atoms with Gasteiger partial charge in [0, 0.05) is 5.92 Å². The summed E-state index contributed by atoms with van der Waals surface area (Å²) >= 11 is 0. The highest BCUT2D eigenvalue weighted by Gasteiger charge is 2.56. The lowest BCUT2D eigenvalue weighted by molar-refractivity contribution is -0.118. The van der Waals surface area contributed by atoms with Crippen LogP contribution < -0.4 is 0 Å². The van der Waals surface area contributed by atoms with Gasteiger partial charge in [-0.25, -0.2) is 4.39 Å². The van der Waals surface area contributed by atoms with Gasteiger partial charge in [0.15, 0.2) is 5.78 Å². The fourth-order valence-electron chi connectivity index (χ4n) is 4.48. The SMILES string of the molecule is C[C@@H]1/C(=C/c2ccc(F)cc2)C(=O)[C@@H]2[C@H]1[C@@H]1C=C[C@H]2C1. The van der Waals surface area contributed by atoms with Gasteiger partial charge in [0.05, 0.1) is 0 Å². The van der Waals surface area contributed by atoms with Crippen LogP contribution in [0.15, 0.2) is 42.0 Å². The fraction of sp³-hybridized carbons (Fsp3) is 0.389. The van der Waals surface area contributed by atoms with Crippen molar-refractivity contribution in [1.29, 1.82) is 0 Å². The number of benzene rings is 1. The third-order valence-corrected chi connectivity index (χ3v) is 5.37. The summed E-state index contributed by atoms with van der Waals surface area (Å²) in [6.45, 7) is 2.17. The molecule has 4 rings (SSSR count). The number of carbonyl (C=O) groups is 1. The van der Waals surface area contributed by atoms with E-state index in [0.717, 1.165) is 17.6 Å². The van der Waals surface area contributed by atoms with E-state index in [1.807, 2.05) is 6.08 Å². The molecule has 1 nitrogen and oxygen atoms in total. The Morgan fingerprint density at radius 3 is 2.55 bits per heavy atom. The van der Waals surface area contributed by atoms with Gasteiger partial charge in [-0.3, -0.25) is 4.79 Å². The summed E-state index contributed by atoms with van der Waals surface area (Å²) in [5.74, 6) is 2.14. The third-order valence-electron chi connectivity index (χ3n) is 5.37. The highest BCUT2D eigenvalue weighted by Crippen LogP contribution is 2.57. The van der Waals surface area contributed by atoms with E-state index >= 15 is 0 Å². The van der Waals surface area contributed by atoms with Gasteiger partial charge in [0.2, 0.25) is 0 Å². The number of allylic oxidation sites excluding steroid dienone is 3. The first kappa shape index (κ1) is 12.1. The maximum atomic E-state index is 13.0. The maximum Gasteiger partial charge on any atom is 0.163 e. The Balaban J connectivity index is 1.70.